The first-order valence-corrected chi connectivity index (χ1v) is 22.3. The van der Waals surface area contributed by atoms with E-state index in [-0.39, 0.29) is 64.5 Å². The number of rotatable bonds is 21. The Morgan fingerprint density at radius 3 is 1.30 bits per heavy atom. The van der Waals surface area contributed by atoms with Crippen molar-refractivity contribution in [3.05, 3.63) is 151 Å². The maximum atomic E-state index is 12.7. The third-order valence-corrected chi connectivity index (χ3v) is 11.5. The van der Waals surface area contributed by atoms with E-state index in [0.717, 1.165) is 24.3 Å². The van der Waals surface area contributed by atoms with Gasteiger partial charge in [-0.05, 0) is 109 Å². The number of methoxy groups -OCH3 is 2. The van der Waals surface area contributed by atoms with Crippen molar-refractivity contribution >= 4 is 43.4 Å². The molecular formula is C45H41F3N2O15S2. The molecule has 0 spiro atoms. The van der Waals surface area contributed by atoms with Crippen molar-refractivity contribution in [3.63, 3.8) is 0 Å². The third-order valence-electron chi connectivity index (χ3n) is 8.70. The third kappa shape index (κ3) is 15.1. The summed E-state index contributed by atoms with van der Waals surface area (Å²) in [6.45, 7) is 0.487. The number of halogens is 3. The zero-order chi connectivity index (χ0) is 48.6. The Balaban J connectivity index is 0.000000251. The number of carboxylic acids is 2. The number of hydrogen-bond acceptors (Lipinski definition) is 13. The number of nitrogens with one attached hydrogen (secondary N) is 2. The highest BCUT2D eigenvalue weighted by molar-refractivity contribution is 7.93. The highest BCUT2D eigenvalue weighted by atomic mass is 32.2. The molecule has 0 amide bonds. The van der Waals surface area contributed by atoms with Gasteiger partial charge in [0.15, 0.2) is 11.5 Å². The number of carbonyl (C=O) groups is 2. The van der Waals surface area contributed by atoms with Crippen LogP contribution in [0, 0.1) is 0 Å². The van der Waals surface area contributed by atoms with Gasteiger partial charge in [-0.15, -0.1) is 13.2 Å². The number of anilines is 2. The Morgan fingerprint density at radius 1 is 0.493 bits per heavy atom. The number of para-hydroxylation sites is 2. The lowest BCUT2D eigenvalue weighted by molar-refractivity contribution is -0.274. The largest absolute Gasteiger partial charge is 0.573 e. The zero-order valence-corrected chi connectivity index (χ0v) is 36.9. The minimum atomic E-state index is -4.88. The Bertz CT molecular complexity index is 2830. The van der Waals surface area contributed by atoms with Gasteiger partial charge in [-0.2, -0.15) is 0 Å². The Labute approximate surface area is 382 Å². The minimum Gasteiger partial charge on any atom is -0.493 e. The van der Waals surface area contributed by atoms with Crippen molar-refractivity contribution in [1.82, 2.24) is 0 Å². The molecule has 0 saturated heterocycles. The normalized spacial score (nSPS) is 11.2. The predicted octanol–water partition coefficient (Wildman–Crippen LogP) is 8.20. The zero-order valence-electron chi connectivity index (χ0n) is 35.3. The van der Waals surface area contributed by atoms with Crippen LogP contribution in [0.25, 0.3) is 0 Å². The molecule has 0 heterocycles. The van der Waals surface area contributed by atoms with Crippen molar-refractivity contribution < 1.29 is 83.0 Å². The van der Waals surface area contributed by atoms with Gasteiger partial charge in [-0.3, -0.25) is 9.44 Å². The minimum absolute atomic E-state index is 0.0271. The van der Waals surface area contributed by atoms with Crippen LogP contribution in [0.1, 0.15) is 20.7 Å². The fraction of sp³-hybridized carbons (Fsp3) is 0.156. The molecule has 0 aliphatic rings. The molecule has 4 N–H and O–H groups in total. The monoisotopic (exact) mass is 970 g/mol. The molecule has 6 rings (SSSR count). The van der Waals surface area contributed by atoms with Gasteiger partial charge in [0.25, 0.3) is 20.0 Å². The molecule has 0 fully saturated rings. The first kappa shape index (κ1) is 50.2. The maximum Gasteiger partial charge on any atom is 0.573 e. The molecule has 0 unspecified atom stereocenters. The highest BCUT2D eigenvalue weighted by Gasteiger charge is 2.31. The van der Waals surface area contributed by atoms with Gasteiger partial charge in [0.05, 0.1) is 24.0 Å². The van der Waals surface area contributed by atoms with E-state index in [1.165, 1.54) is 74.9 Å². The Hall–Kier alpha value is -7.85. The molecule has 0 aliphatic carbocycles. The quantitative estimate of drug-likeness (QED) is 0.0498. The van der Waals surface area contributed by atoms with Crippen molar-refractivity contribution in [2.75, 3.05) is 50.1 Å². The van der Waals surface area contributed by atoms with E-state index >= 15 is 0 Å². The summed E-state index contributed by atoms with van der Waals surface area (Å²) in [6.07, 6.45) is -4.88. The summed E-state index contributed by atoms with van der Waals surface area (Å²) in [5.41, 5.74) is 0.656. The number of hydrogen-bond donors (Lipinski definition) is 4. The van der Waals surface area contributed by atoms with Crippen LogP contribution in [0.5, 0.6) is 40.2 Å². The van der Waals surface area contributed by atoms with Gasteiger partial charge in [0.1, 0.15) is 66.3 Å². The van der Waals surface area contributed by atoms with Crippen LogP contribution in [-0.2, 0) is 20.0 Å². The second-order valence-electron chi connectivity index (χ2n) is 13.3. The summed E-state index contributed by atoms with van der Waals surface area (Å²) in [5, 5.41) is 18.3. The van der Waals surface area contributed by atoms with Crippen LogP contribution in [0.3, 0.4) is 0 Å². The highest BCUT2D eigenvalue weighted by Crippen LogP contribution is 2.31. The summed E-state index contributed by atoms with van der Waals surface area (Å²) in [7, 11) is -4.99. The van der Waals surface area contributed by atoms with Gasteiger partial charge in [0.2, 0.25) is 0 Å². The molecule has 0 bridgehead atoms. The average molecular weight is 971 g/mol. The molecule has 6 aromatic carbocycles. The van der Waals surface area contributed by atoms with Gasteiger partial charge in [-0.1, -0.05) is 24.3 Å². The molecule has 0 saturated carbocycles. The average Bonchev–Trinajstić information content (AvgIpc) is 3.30. The fourth-order valence-electron chi connectivity index (χ4n) is 5.63. The molecule has 0 atom stereocenters. The lowest BCUT2D eigenvalue weighted by Gasteiger charge is -2.12. The van der Waals surface area contributed by atoms with Crippen LogP contribution in [0.2, 0.25) is 0 Å². The van der Waals surface area contributed by atoms with Gasteiger partial charge in [0, 0.05) is 17.4 Å². The van der Waals surface area contributed by atoms with E-state index in [4.69, 9.17) is 38.6 Å². The Morgan fingerprint density at radius 2 is 0.881 bits per heavy atom. The standard InChI is InChI=1S/C23H23NO8S.C22H18F3NO7S/c1-29-21-12-11-18(15-22(21)30-2)33(27,28)24-16-7-9-17(10-8-16)31-13-14-32-20-6-4-3-5-19(20)23(25)26;23-22(24,25)33-17-9-11-18(12-10-17)34(29,30)26-15-5-7-16(8-6-15)31-13-14-32-20-4-2-1-3-19(20)21(27)28/h3-12,15,24H,13-14H2,1-2H3,(H,25,26);1-12,26H,13-14H2,(H,27,28). The van der Waals surface area contributed by atoms with E-state index in [0.29, 0.717) is 28.7 Å². The van der Waals surface area contributed by atoms with E-state index in [1.54, 1.807) is 54.6 Å². The predicted molar refractivity (Wildman–Crippen MR) is 236 cm³/mol. The van der Waals surface area contributed by atoms with Gasteiger partial charge >= 0.3 is 18.3 Å². The van der Waals surface area contributed by atoms with Crippen molar-refractivity contribution in [3.8, 4) is 40.2 Å². The number of benzene rings is 6. The fourth-order valence-corrected chi connectivity index (χ4v) is 7.76. The smallest absolute Gasteiger partial charge is 0.493 e. The lowest BCUT2D eigenvalue weighted by atomic mass is 10.2. The van der Waals surface area contributed by atoms with E-state index in [2.05, 4.69) is 14.2 Å². The Kier molecular flexibility index (Phi) is 17.1. The molecule has 0 aliphatic heterocycles. The van der Waals surface area contributed by atoms with Crippen LogP contribution in [0.4, 0.5) is 24.5 Å². The van der Waals surface area contributed by atoms with E-state index in [9.17, 15) is 39.6 Å². The molecule has 0 aromatic heterocycles. The number of aromatic carboxylic acids is 2. The maximum absolute atomic E-state index is 12.7. The molecular weight excluding hydrogens is 930 g/mol. The van der Waals surface area contributed by atoms with Crippen LogP contribution in [-0.4, -0.2) is 86.0 Å². The van der Waals surface area contributed by atoms with E-state index < -0.39 is 44.1 Å². The first-order chi connectivity index (χ1) is 31.9. The van der Waals surface area contributed by atoms with Crippen molar-refractivity contribution in [2.45, 2.75) is 16.2 Å². The summed E-state index contributed by atoms with van der Waals surface area (Å²) in [5.74, 6) is -0.618. The molecule has 0 radical (unpaired) electrons. The molecule has 354 valence electrons. The lowest BCUT2D eigenvalue weighted by Crippen LogP contribution is -2.17. The first-order valence-electron chi connectivity index (χ1n) is 19.4. The van der Waals surface area contributed by atoms with Crippen LogP contribution >= 0.6 is 0 Å². The number of sulfonamides is 2. The van der Waals surface area contributed by atoms with Crippen molar-refractivity contribution in [2.24, 2.45) is 0 Å². The summed E-state index contributed by atoms with van der Waals surface area (Å²) in [6, 6.07) is 32.8. The van der Waals surface area contributed by atoms with E-state index in [1.807, 2.05) is 0 Å². The molecule has 17 nitrogen and oxygen atoms in total. The topological polar surface area (TPSA) is 232 Å². The molecule has 6 aromatic rings. The van der Waals surface area contributed by atoms with Gasteiger partial charge < -0.3 is 43.4 Å². The second-order valence-corrected chi connectivity index (χ2v) is 16.7. The SMILES string of the molecule is COc1ccc(S(=O)(=O)Nc2ccc(OCCOc3ccccc3C(=O)O)cc2)cc1OC.O=C(O)c1ccccc1OCCOc1ccc(NS(=O)(=O)c2ccc(OC(F)(F)F)cc2)cc1. The van der Waals surface area contributed by atoms with Gasteiger partial charge in [-0.25, -0.2) is 26.4 Å². The van der Waals surface area contributed by atoms with Crippen molar-refractivity contribution in [1.29, 1.82) is 0 Å². The second kappa shape index (κ2) is 22.9. The summed E-state index contributed by atoms with van der Waals surface area (Å²) in [4.78, 5) is 22.1. The summed E-state index contributed by atoms with van der Waals surface area (Å²) < 4.78 is 128. The number of alkyl halides is 3. The number of ether oxygens (including phenoxy) is 7. The number of carboxylic acid groups (broad SMARTS) is 2. The van der Waals surface area contributed by atoms with Crippen LogP contribution in [0.15, 0.2) is 149 Å². The van der Waals surface area contributed by atoms with Crippen LogP contribution < -0.4 is 42.6 Å². The molecule has 67 heavy (non-hydrogen) atoms. The molecule has 22 heteroatoms. The summed E-state index contributed by atoms with van der Waals surface area (Å²) >= 11 is 0.